The van der Waals surface area contributed by atoms with Crippen LogP contribution in [0.5, 0.6) is 0 Å². The summed E-state index contributed by atoms with van der Waals surface area (Å²) < 4.78 is 8.39. The van der Waals surface area contributed by atoms with E-state index in [9.17, 15) is 4.79 Å². The Morgan fingerprint density at radius 3 is 2.81 bits per heavy atom. The normalized spacial score (nSPS) is 20.1. The molecule has 0 N–H and O–H groups in total. The van der Waals surface area contributed by atoms with Crippen LogP contribution in [0.25, 0.3) is 6.08 Å². The molecule has 1 saturated heterocycles. The summed E-state index contributed by atoms with van der Waals surface area (Å²) in [5, 5.41) is 0. The number of nitrogens with zero attached hydrogens (tertiary/aromatic N) is 2. The lowest BCUT2D eigenvalue weighted by molar-refractivity contribution is -0.122. The van der Waals surface area contributed by atoms with Gasteiger partial charge in [-0.15, -0.1) is 0 Å². The molecule has 0 spiro atoms. The van der Waals surface area contributed by atoms with Gasteiger partial charge in [-0.25, -0.2) is 0 Å². The number of carbonyl (C=O) groups excluding carboxylic acids is 1. The summed E-state index contributed by atoms with van der Waals surface area (Å²) in [5.41, 5.74) is 3.63. The standard InChI is InChI=1S/C20H22N2O2S2/c1-13-10-15(14(2)22(13)16-6-3-4-7-16)11-18-19(23)21(20(25)26-18)12-17-8-5-9-24-17/h5,8-11,16H,3-4,6-7,12H2,1-2H3/b18-11-. The van der Waals surface area contributed by atoms with E-state index in [1.807, 2.05) is 18.2 Å². The summed E-state index contributed by atoms with van der Waals surface area (Å²) in [5.74, 6) is 0.698. The number of aryl methyl sites for hydroxylation is 1. The van der Waals surface area contributed by atoms with Gasteiger partial charge in [0.2, 0.25) is 0 Å². The van der Waals surface area contributed by atoms with Gasteiger partial charge in [0.05, 0.1) is 17.7 Å². The fraction of sp³-hybridized carbons (Fsp3) is 0.400. The molecule has 26 heavy (non-hydrogen) atoms. The molecule has 0 radical (unpaired) electrons. The van der Waals surface area contributed by atoms with Gasteiger partial charge < -0.3 is 8.98 Å². The number of hydrogen-bond donors (Lipinski definition) is 0. The lowest BCUT2D eigenvalue weighted by Crippen LogP contribution is -2.27. The van der Waals surface area contributed by atoms with Crippen LogP contribution >= 0.6 is 24.0 Å². The minimum Gasteiger partial charge on any atom is -0.467 e. The number of furan rings is 1. The van der Waals surface area contributed by atoms with Gasteiger partial charge in [-0.05, 0) is 56.5 Å². The first-order valence-corrected chi connectivity index (χ1v) is 10.2. The van der Waals surface area contributed by atoms with Gasteiger partial charge in [0.15, 0.2) is 0 Å². The third-order valence-electron chi connectivity index (χ3n) is 5.27. The van der Waals surface area contributed by atoms with Crippen molar-refractivity contribution in [3.8, 4) is 0 Å². The smallest absolute Gasteiger partial charge is 0.266 e. The van der Waals surface area contributed by atoms with Gasteiger partial charge in [-0.2, -0.15) is 0 Å². The van der Waals surface area contributed by atoms with Crippen LogP contribution in [0.2, 0.25) is 0 Å². The average molecular weight is 387 g/mol. The zero-order chi connectivity index (χ0) is 18.3. The minimum atomic E-state index is -0.0398. The van der Waals surface area contributed by atoms with Crippen LogP contribution in [0.3, 0.4) is 0 Å². The van der Waals surface area contributed by atoms with E-state index in [4.69, 9.17) is 16.6 Å². The van der Waals surface area contributed by atoms with E-state index in [2.05, 4.69) is 24.5 Å². The monoisotopic (exact) mass is 386 g/mol. The Hall–Kier alpha value is -1.79. The largest absolute Gasteiger partial charge is 0.467 e. The second-order valence-corrected chi connectivity index (χ2v) is 8.66. The van der Waals surface area contributed by atoms with Gasteiger partial charge in [0, 0.05) is 17.4 Å². The molecule has 2 aliphatic rings. The van der Waals surface area contributed by atoms with E-state index >= 15 is 0 Å². The SMILES string of the molecule is Cc1cc(/C=C2\SC(=S)N(Cc3ccco3)C2=O)c(C)n1C1CCCC1. The Bertz CT molecular complexity index is 874. The summed E-state index contributed by atoms with van der Waals surface area (Å²) in [6.07, 6.45) is 8.73. The molecule has 2 aromatic heterocycles. The van der Waals surface area contributed by atoms with E-state index in [1.165, 1.54) is 48.8 Å². The average Bonchev–Trinajstić information content (AvgIpc) is 3.37. The number of hydrogen-bond acceptors (Lipinski definition) is 4. The van der Waals surface area contributed by atoms with Crippen LogP contribution in [-0.2, 0) is 11.3 Å². The lowest BCUT2D eigenvalue weighted by atomic mass is 10.2. The van der Waals surface area contributed by atoms with Crippen molar-refractivity contribution >= 4 is 40.3 Å². The molecule has 4 rings (SSSR count). The first kappa shape index (κ1) is 17.6. The summed E-state index contributed by atoms with van der Waals surface area (Å²) in [6, 6.07) is 6.47. The first-order valence-electron chi connectivity index (χ1n) is 9.01. The minimum absolute atomic E-state index is 0.0398. The van der Waals surface area contributed by atoms with Crippen molar-refractivity contribution in [1.82, 2.24) is 9.47 Å². The predicted octanol–water partition coefficient (Wildman–Crippen LogP) is 5.21. The summed E-state index contributed by atoms with van der Waals surface area (Å²) in [7, 11) is 0. The molecule has 4 nitrogen and oxygen atoms in total. The van der Waals surface area contributed by atoms with E-state index in [0.29, 0.717) is 21.8 Å². The number of thiocarbonyl (C=S) groups is 1. The Kier molecular flexibility index (Phi) is 4.80. The molecular formula is C20H22N2O2S2. The predicted molar refractivity (Wildman–Crippen MR) is 109 cm³/mol. The van der Waals surface area contributed by atoms with Crippen LogP contribution in [0.4, 0.5) is 0 Å². The van der Waals surface area contributed by atoms with E-state index in [1.54, 1.807) is 11.2 Å². The number of aromatic nitrogens is 1. The molecular weight excluding hydrogens is 364 g/mol. The molecule has 0 bridgehead atoms. The molecule has 136 valence electrons. The van der Waals surface area contributed by atoms with Crippen LogP contribution in [0, 0.1) is 13.8 Å². The molecule has 1 aliphatic carbocycles. The quantitative estimate of drug-likeness (QED) is 0.534. The Balaban J connectivity index is 1.59. The fourth-order valence-electron chi connectivity index (χ4n) is 4.01. The van der Waals surface area contributed by atoms with Crippen molar-refractivity contribution in [3.63, 3.8) is 0 Å². The highest BCUT2D eigenvalue weighted by molar-refractivity contribution is 8.26. The highest BCUT2D eigenvalue weighted by Crippen LogP contribution is 2.37. The second kappa shape index (κ2) is 7.08. The first-order chi connectivity index (χ1) is 12.5. The number of rotatable bonds is 4. The molecule has 2 aromatic rings. The lowest BCUT2D eigenvalue weighted by Gasteiger charge is -2.17. The Morgan fingerprint density at radius 1 is 1.35 bits per heavy atom. The zero-order valence-electron chi connectivity index (χ0n) is 15.0. The fourth-order valence-corrected chi connectivity index (χ4v) is 5.25. The summed E-state index contributed by atoms with van der Waals surface area (Å²) >= 11 is 6.79. The van der Waals surface area contributed by atoms with Crippen molar-refractivity contribution in [1.29, 1.82) is 0 Å². The van der Waals surface area contributed by atoms with Crippen molar-refractivity contribution in [2.24, 2.45) is 0 Å². The highest BCUT2D eigenvalue weighted by Gasteiger charge is 2.33. The summed E-state index contributed by atoms with van der Waals surface area (Å²) in [6.45, 7) is 4.70. The van der Waals surface area contributed by atoms with Crippen molar-refractivity contribution < 1.29 is 9.21 Å². The van der Waals surface area contributed by atoms with E-state index in [0.717, 1.165) is 11.3 Å². The van der Waals surface area contributed by atoms with E-state index < -0.39 is 0 Å². The number of carbonyl (C=O) groups is 1. The topological polar surface area (TPSA) is 38.4 Å². The Labute approximate surface area is 163 Å². The molecule has 2 fully saturated rings. The maximum atomic E-state index is 12.8. The third-order valence-corrected chi connectivity index (χ3v) is 6.65. The molecule has 0 aromatic carbocycles. The molecule has 3 heterocycles. The molecule has 1 aliphatic heterocycles. The second-order valence-electron chi connectivity index (χ2n) is 6.98. The van der Waals surface area contributed by atoms with Crippen molar-refractivity contribution in [2.75, 3.05) is 0 Å². The van der Waals surface area contributed by atoms with Crippen LogP contribution in [0.1, 0.15) is 54.4 Å². The van der Waals surface area contributed by atoms with E-state index in [-0.39, 0.29) is 5.91 Å². The van der Waals surface area contributed by atoms with Gasteiger partial charge in [0.1, 0.15) is 10.1 Å². The molecule has 6 heteroatoms. The van der Waals surface area contributed by atoms with Crippen LogP contribution < -0.4 is 0 Å². The van der Waals surface area contributed by atoms with Crippen LogP contribution in [0.15, 0.2) is 33.8 Å². The maximum absolute atomic E-state index is 12.8. The van der Waals surface area contributed by atoms with Gasteiger partial charge in [-0.1, -0.05) is 36.8 Å². The summed E-state index contributed by atoms with van der Waals surface area (Å²) in [4.78, 5) is 15.1. The Morgan fingerprint density at radius 2 is 2.12 bits per heavy atom. The van der Waals surface area contributed by atoms with Crippen LogP contribution in [-0.4, -0.2) is 19.7 Å². The van der Waals surface area contributed by atoms with Gasteiger partial charge >= 0.3 is 0 Å². The highest BCUT2D eigenvalue weighted by atomic mass is 32.2. The molecule has 0 atom stereocenters. The van der Waals surface area contributed by atoms with Crippen molar-refractivity contribution in [3.05, 3.63) is 52.1 Å². The number of amides is 1. The zero-order valence-corrected chi connectivity index (χ0v) is 16.7. The van der Waals surface area contributed by atoms with Crippen molar-refractivity contribution in [2.45, 2.75) is 52.1 Å². The number of thioether (sulfide) groups is 1. The maximum Gasteiger partial charge on any atom is 0.266 e. The molecule has 0 unspecified atom stereocenters. The molecule has 1 saturated carbocycles. The van der Waals surface area contributed by atoms with Gasteiger partial charge in [0.25, 0.3) is 5.91 Å². The molecule has 1 amide bonds. The third kappa shape index (κ3) is 3.16. The van der Waals surface area contributed by atoms with Gasteiger partial charge in [-0.3, -0.25) is 9.69 Å².